The van der Waals surface area contributed by atoms with Gasteiger partial charge in [0, 0.05) is 23.5 Å². The van der Waals surface area contributed by atoms with Crippen LogP contribution in [0.15, 0.2) is 40.6 Å². The van der Waals surface area contributed by atoms with E-state index in [-0.39, 0.29) is 9.88 Å². The molecule has 110 valence electrons. The SMILES string of the molecule is NC(=S)c1ccc(S(=O)(=O)N2CCc3sccc3C2)cc1. The summed E-state index contributed by atoms with van der Waals surface area (Å²) in [6, 6.07) is 8.42. The molecule has 1 aliphatic rings. The third-order valence-corrected chi connectivity index (χ3v) is 6.67. The van der Waals surface area contributed by atoms with Crippen LogP contribution >= 0.6 is 23.6 Å². The molecule has 1 aliphatic heterocycles. The number of benzene rings is 1. The molecule has 0 saturated carbocycles. The molecular formula is C14H14N2O2S3. The molecular weight excluding hydrogens is 324 g/mol. The normalized spacial score (nSPS) is 15.6. The molecule has 4 nitrogen and oxygen atoms in total. The monoisotopic (exact) mass is 338 g/mol. The van der Waals surface area contributed by atoms with Gasteiger partial charge in [-0.25, -0.2) is 8.42 Å². The van der Waals surface area contributed by atoms with E-state index >= 15 is 0 Å². The lowest BCUT2D eigenvalue weighted by Crippen LogP contribution is -2.35. The second-order valence-electron chi connectivity index (χ2n) is 4.85. The average Bonchev–Trinajstić information content (AvgIpc) is 2.94. The number of thiocarbonyl (C=S) groups is 1. The van der Waals surface area contributed by atoms with Gasteiger partial charge < -0.3 is 5.73 Å². The van der Waals surface area contributed by atoms with Crippen molar-refractivity contribution < 1.29 is 8.42 Å². The summed E-state index contributed by atoms with van der Waals surface area (Å²) in [6.45, 7) is 0.963. The smallest absolute Gasteiger partial charge is 0.243 e. The molecule has 0 saturated heterocycles. The first-order chi connectivity index (χ1) is 9.98. The molecule has 0 radical (unpaired) electrons. The second kappa shape index (κ2) is 5.49. The van der Waals surface area contributed by atoms with Crippen LogP contribution in [-0.4, -0.2) is 24.3 Å². The van der Waals surface area contributed by atoms with Crippen molar-refractivity contribution in [2.45, 2.75) is 17.9 Å². The zero-order valence-corrected chi connectivity index (χ0v) is 13.6. The largest absolute Gasteiger partial charge is 0.389 e. The molecule has 2 N–H and O–H groups in total. The van der Waals surface area contributed by atoms with Crippen LogP contribution in [-0.2, 0) is 23.0 Å². The van der Waals surface area contributed by atoms with Gasteiger partial charge in [-0.05, 0) is 35.6 Å². The fraction of sp³-hybridized carbons (Fsp3) is 0.214. The van der Waals surface area contributed by atoms with Gasteiger partial charge in [-0.2, -0.15) is 4.31 Å². The first kappa shape index (κ1) is 14.6. The molecule has 0 spiro atoms. The lowest BCUT2D eigenvalue weighted by molar-refractivity contribution is 0.394. The second-order valence-corrected chi connectivity index (χ2v) is 8.22. The summed E-state index contributed by atoms with van der Waals surface area (Å²) in [6.07, 6.45) is 0.775. The summed E-state index contributed by atoms with van der Waals surface area (Å²) in [5.41, 5.74) is 7.30. The molecule has 0 aliphatic carbocycles. The maximum absolute atomic E-state index is 12.7. The number of sulfonamides is 1. The standard InChI is InChI=1S/C14H14N2O2S3/c15-14(19)10-1-3-12(4-2-10)21(17,18)16-7-5-13-11(9-16)6-8-20-13/h1-4,6,8H,5,7,9H2,(H2,15,19). The van der Waals surface area contributed by atoms with Gasteiger partial charge in [-0.15, -0.1) is 11.3 Å². The number of hydrogen-bond donors (Lipinski definition) is 1. The van der Waals surface area contributed by atoms with Crippen LogP contribution in [0.4, 0.5) is 0 Å². The highest BCUT2D eigenvalue weighted by molar-refractivity contribution is 7.89. The Labute approximate surface area is 133 Å². The summed E-state index contributed by atoms with van der Waals surface area (Å²) >= 11 is 6.57. The molecule has 2 aromatic rings. The highest BCUT2D eigenvalue weighted by Crippen LogP contribution is 2.28. The Morgan fingerprint density at radius 1 is 1.24 bits per heavy atom. The quantitative estimate of drug-likeness (QED) is 0.871. The predicted molar refractivity (Wildman–Crippen MR) is 87.9 cm³/mol. The lowest BCUT2D eigenvalue weighted by atomic mass is 10.1. The Morgan fingerprint density at radius 2 is 1.95 bits per heavy atom. The van der Waals surface area contributed by atoms with Gasteiger partial charge in [0.15, 0.2) is 0 Å². The van der Waals surface area contributed by atoms with Gasteiger partial charge in [-0.1, -0.05) is 24.4 Å². The van der Waals surface area contributed by atoms with Crippen LogP contribution in [0.3, 0.4) is 0 Å². The fourth-order valence-electron chi connectivity index (χ4n) is 2.37. The highest BCUT2D eigenvalue weighted by atomic mass is 32.2. The molecule has 0 unspecified atom stereocenters. The Bertz CT molecular complexity index is 779. The number of thiophene rings is 1. The molecule has 1 aromatic heterocycles. The fourth-order valence-corrected chi connectivity index (χ4v) is 4.81. The van der Waals surface area contributed by atoms with E-state index in [4.69, 9.17) is 18.0 Å². The Balaban J connectivity index is 1.89. The van der Waals surface area contributed by atoms with Crippen LogP contribution in [0.25, 0.3) is 0 Å². The third kappa shape index (κ3) is 2.74. The van der Waals surface area contributed by atoms with Gasteiger partial charge in [0.2, 0.25) is 10.0 Å². The predicted octanol–water partition coefficient (Wildman–Crippen LogP) is 2.13. The third-order valence-electron chi connectivity index (χ3n) is 3.55. The van der Waals surface area contributed by atoms with E-state index in [9.17, 15) is 8.42 Å². The maximum Gasteiger partial charge on any atom is 0.243 e. The Morgan fingerprint density at radius 3 is 2.62 bits per heavy atom. The van der Waals surface area contributed by atoms with E-state index in [0.29, 0.717) is 18.7 Å². The summed E-state index contributed by atoms with van der Waals surface area (Å²) in [5.74, 6) is 0. The Hall–Kier alpha value is -1.28. The summed E-state index contributed by atoms with van der Waals surface area (Å²) in [5, 5.41) is 2.01. The first-order valence-corrected chi connectivity index (χ1v) is 9.16. The Kier molecular flexibility index (Phi) is 3.83. The van der Waals surface area contributed by atoms with Crippen LogP contribution in [0.1, 0.15) is 16.0 Å². The van der Waals surface area contributed by atoms with Crippen molar-refractivity contribution in [3.8, 4) is 0 Å². The highest BCUT2D eigenvalue weighted by Gasteiger charge is 2.28. The van der Waals surface area contributed by atoms with Crippen molar-refractivity contribution >= 4 is 38.6 Å². The summed E-state index contributed by atoms with van der Waals surface area (Å²) in [7, 11) is -3.47. The van der Waals surface area contributed by atoms with Crippen molar-refractivity contribution in [1.82, 2.24) is 4.31 Å². The van der Waals surface area contributed by atoms with Crippen molar-refractivity contribution in [3.05, 3.63) is 51.7 Å². The van der Waals surface area contributed by atoms with Gasteiger partial charge in [0.05, 0.1) is 4.90 Å². The summed E-state index contributed by atoms with van der Waals surface area (Å²) < 4.78 is 26.9. The van der Waals surface area contributed by atoms with Crippen molar-refractivity contribution in [2.75, 3.05) is 6.54 Å². The first-order valence-electron chi connectivity index (χ1n) is 6.44. The molecule has 7 heteroatoms. The number of fused-ring (bicyclic) bond motifs is 1. The van der Waals surface area contributed by atoms with Crippen molar-refractivity contribution in [2.24, 2.45) is 5.73 Å². The topological polar surface area (TPSA) is 63.4 Å². The molecule has 0 amide bonds. The van der Waals surface area contributed by atoms with Crippen LogP contribution in [0, 0.1) is 0 Å². The average molecular weight is 338 g/mol. The van der Waals surface area contributed by atoms with E-state index in [2.05, 4.69) is 0 Å². The zero-order chi connectivity index (χ0) is 15.0. The van der Waals surface area contributed by atoms with Gasteiger partial charge in [0.1, 0.15) is 4.99 Å². The minimum absolute atomic E-state index is 0.264. The van der Waals surface area contributed by atoms with E-state index in [1.54, 1.807) is 35.6 Å². The number of nitrogens with zero attached hydrogens (tertiary/aromatic N) is 1. The van der Waals surface area contributed by atoms with E-state index in [1.165, 1.54) is 9.18 Å². The molecule has 0 atom stereocenters. The molecule has 21 heavy (non-hydrogen) atoms. The maximum atomic E-state index is 12.7. The number of hydrogen-bond acceptors (Lipinski definition) is 4. The van der Waals surface area contributed by atoms with Crippen LogP contribution in [0.5, 0.6) is 0 Å². The van der Waals surface area contributed by atoms with Gasteiger partial charge in [0.25, 0.3) is 0 Å². The minimum Gasteiger partial charge on any atom is -0.389 e. The number of nitrogens with two attached hydrogens (primary N) is 1. The van der Waals surface area contributed by atoms with Crippen molar-refractivity contribution in [1.29, 1.82) is 0 Å². The molecule has 3 rings (SSSR count). The summed E-state index contributed by atoms with van der Waals surface area (Å²) in [4.78, 5) is 1.83. The number of rotatable bonds is 3. The molecule has 2 heterocycles. The van der Waals surface area contributed by atoms with Gasteiger partial charge in [-0.3, -0.25) is 0 Å². The van der Waals surface area contributed by atoms with Crippen LogP contribution < -0.4 is 5.73 Å². The van der Waals surface area contributed by atoms with E-state index < -0.39 is 10.0 Å². The van der Waals surface area contributed by atoms with Crippen molar-refractivity contribution in [3.63, 3.8) is 0 Å². The van der Waals surface area contributed by atoms with Gasteiger partial charge >= 0.3 is 0 Å². The molecule has 0 fully saturated rings. The minimum atomic E-state index is -3.47. The van der Waals surface area contributed by atoms with E-state index in [0.717, 1.165) is 12.0 Å². The van der Waals surface area contributed by atoms with E-state index in [1.807, 2.05) is 11.4 Å². The molecule has 0 bridgehead atoms. The van der Waals surface area contributed by atoms with Crippen LogP contribution in [0.2, 0.25) is 0 Å². The zero-order valence-electron chi connectivity index (χ0n) is 11.2. The molecule has 1 aromatic carbocycles. The lowest BCUT2D eigenvalue weighted by Gasteiger charge is -2.26.